The second-order valence-corrected chi connectivity index (χ2v) is 7.75. The quantitative estimate of drug-likeness (QED) is 0.598. The molecule has 0 saturated heterocycles. The van der Waals surface area contributed by atoms with Crippen molar-refractivity contribution in [2.75, 3.05) is 7.11 Å². The number of phenols is 1. The molecular weight excluding hydrogens is 284 g/mol. The van der Waals surface area contributed by atoms with Crippen LogP contribution in [0.15, 0.2) is 18.2 Å². The first-order valence-corrected chi connectivity index (χ1v) is 9.39. The summed E-state index contributed by atoms with van der Waals surface area (Å²) in [6.07, 6.45) is 12.2. The van der Waals surface area contributed by atoms with Gasteiger partial charge in [-0.3, -0.25) is 0 Å². The van der Waals surface area contributed by atoms with Crippen molar-refractivity contribution in [2.45, 2.75) is 89.6 Å². The Kier molecular flexibility index (Phi) is 6.95. The maximum atomic E-state index is 10.3. The van der Waals surface area contributed by atoms with Gasteiger partial charge in [-0.2, -0.15) is 0 Å². The molecule has 1 aromatic carbocycles. The van der Waals surface area contributed by atoms with Crippen molar-refractivity contribution in [1.82, 2.24) is 0 Å². The van der Waals surface area contributed by atoms with E-state index in [0.29, 0.717) is 11.7 Å². The third-order valence-corrected chi connectivity index (χ3v) is 5.46. The molecule has 1 aliphatic rings. The number of aryl methyl sites for hydroxylation is 1. The van der Waals surface area contributed by atoms with E-state index in [9.17, 15) is 5.11 Å². The molecule has 1 fully saturated rings. The Labute approximate surface area is 142 Å². The first-order chi connectivity index (χ1) is 11.0. The number of hydrogen-bond acceptors (Lipinski definition) is 2. The molecule has 0 spiro atoms. The number of benzene rings is 1. The monoisotopic (exact) mass is 318 g/mol. The number of phenolic OH excluding ortho intramolecular Hbond substituents is 1. The van der Waals surface area contributed by atoms with Crippen molar-refractivity contribution in [1.29, 1.82) is 0 Å². The molecule has 1 aliphatic carbocycles. The fourth-order valence-electron chi connectivity index (χ4n) is 3.63. The minimum atomic E-state index is -0.0101. The highest BCUT2D eigenvalue weighted by atomic mass is 16.5. The largest absolute Gasteiger partial charge is 0.508 e. The van der Waals surface area contributed by atoms with E-state index in [1.165, 1.54) is 50.5 Å². The van der Waals surface area contributed by atoms with Crippen LogP contribution in [0.1, 0.15) is 88.7 Å². The van der Waals surface area contributed by atoms with Crippen molar-refractivity contribution < 1.29 is 9.84 Å². The molecule has 0 heterocycles. The Morgan fingerprint density at radius 3 is 2.48 bits per heavy atom. The van der Waals surface area contributed by atoms with E-state index in [1.54, 1.807) is 7.11 Å². The van der Waals surface area contributed by atoms with Gasteiger partial charge < -0.3 is 9.84 Å². The molecule has 0 amide bonds. The smallest absolute Gasteiger partial charge is 0.119 e. The normalized spacial score (nSPS) is 16.7. The lowest BCUT2D eigenvalue weighted by Crippen LogP contribution is -2.21. The van der Waals surface area contributed by atoms with Crippen LogP contribution in [-0.4, -0.2) is 17.8 Å². The summed E-state index contributed by atoms with van der Waals surface area (Å²) in [6.45, 7) is 4.28. The number of methoxy groups -OCH3 is 1. The predicted octanol–water partition coefficient (Wildman–Crippen LogP) is 5.97. The lowest BCUT2D eigenvalue weighted by atomic mass is 9.83. The average Bonchev–Trinajstić information content (AvgIpc) is 2.56. The fourth-order valence-corrected chi connectivity index (χ4v) is 3.63. The van der Waals surface area contributed by atoms with Gasteiger partial charge in [0.15, 0.2) is 0 Å². The maximum Gasteiger partial charge on any atom is 0.119 e. The van der Waals surface area contributed by atoms with Crippen LogP contribution >= 0.6 is 0 Å². The van der Waals surface area contributed by atoms with Gasteiger partial charge in [-0.15, -0.1) is 0 Å². The summed E-state index contributed by atoms with van der Waals surface area (Å²) in [5.74, 6) is 1.17. The van der Waals surface area contributed by atoms with Crippen LogP contribution in [-0.2, 0) is 11.2 Å². The standard InChI is InChI=1S/C21H34O2/c1-21(2,23-3)15-9-5-8-12-18-13-14-19(16-20(18)22)17-10-6-4-7-11-17/h13-14,16-17,22H,4-12,15H2,1-3H3. The highest BCUT2D eigenvalue weighted by molar-refractivity contribution is 5.38. The molecule has 2 heteroatoms. The number of ether oxygens (including phenoxy) is 1. The van der Waals surface area contributed by atoms with Gasteiger partial charge in [-0.25, -0.2) is 0 Å². The van der Waals surface area contributed by atoms with Crippen molar-refractivity contribution >= 4 is 0 Å². The summed E-state index contributed by atoms with van der Waals surface area (Å²) in [7, 11) is 1.78. The van der Waals surface area contributed by atoms with Crippen molar-refractivity contribution in [2.24, 2.45) is 0 Å². The third kappa shape index (κ3) is 5.84. The molecule has 1 saturated carbocycles. The molecular formula is C21H34O2. The molecule has 0 radical (unpaired) electrons. The van der Waals surface area contributed by atoms with E-state index in [4.69, 9.17) is 4.74 Å². The van der Waals surface area contributed by atoms with E-state index >= 15 is 0 Å². The molecule has 130 valence electrons. The number of aromatic hydroxyl groups is 1. The molecule has 0 aliphatic heterocycles. The fraction of sp³-hybridized carbons (Fsp3) is 0.714. The van der Waals surface area contributed by atoms with Crippen LogP contribution in [0.25, 0.3) is 0 Å². The Bertz CT molecular complexity index is 473. The van der Waals surface area contributed by atoms with E-state index in [2.05, 4.69) is 26.0 Å². The van der Waals surface area contributed by atoms with E-state index in [-0.39, 0.29) is 5.60 Å². The van der Waals surface area contributed by atoms with Crippen LogP contribution in [0.2, 0.25) is 0 Å². The molecule has 2 nitrogen and oxygen atoms in total. The second kappa shape index (κ2) is 8.73. The van der Waals surface area contributed by atoms with Crippen LogP contribution in [0.5, 0.6) is 5.75 Å². The molecule has 1 N–H and O–H groups in total. The van der Waals surface area contributed by atoms with Gasteiger partial charge in [0.05, 0.1) is 5.60 Å². The van der Waals surface area contributed by atoms with Gasteiger partial charge in [0, 0.05) is 7.11 Å². The molecule has 0 unspecified atom stereocenters. The van der Waals surface area contributed by atoms with Gasteiger partial charge in [0.2, 0.25) is 0 Å². The predicted molar refractivity (Wildman–Crippen MR) is 97.2 cm³/mol. The first kappa shape index (κ1) is 18.3. The summed E-state index contributed by atoms with van der Waals surface area (Å²) < 4.78 is 5.45. The highest BCUT2D eigenvalue weighted by Crippen LogP contribution is 2.35. The van der Waals surface area contributed by atoms with Crippen molar-refractivity contribution in [3.63, 3.8) is 0 Å². The third-order valence-electron chi connectivity index (χ3n) is 5.46. The summed E-state index contributed by atoms with van der Waals surface area (Å²) in [6, 6.07) is 6.43. The molecule has 0 atom stereocenters. The highest BCUT2D eigenvalue weighted by Gasteiger charge is 2.17. The van der Waals surface area contributed by atoms with Crippen LogP contribution in [0, 0.1) is 0 Å². The molecule has 0 aromatic heterocycles. The zero-order chi connectivity index (χ0) is 16.7. The number of rotatable bonds is 8. The average molecular weight is 319 g/mol. The lowest BCUT2D eigenvalue weighted by molar-refractivity contribution is 0.0134. The Balaban J connectivity index is 1.77. The summed E-state index contributed by atoms with van der Waals surface area (Å²) in [5.41, 5.74) is 2.44. The van der Waals surface area contributed by atoms with Crippen molar-refractivity contribution in [3.05, 3.63) is 29.3 Å². The minimum absolute atomic E-state index is 0.0101. The maximum absolute atomic E-state index is 10.3. The zero-order valence-corrected chi connectivity index (χ0v) is 15.2. The Morgan fingerprint density at radius 2 is 1.83 bits per heavy atom. The van der Waals surface area contributed by atoms with Crippen LogP contribution in [0.3, 0.4) is 0 Å². The molecule has 23 heavy (non-hydrogen) atoms. The SMILES string of the molecule is COC(C)(C)CCCCCc1ccc(C2CCCCC2)cc1O. The lowest BCUT2D eigenvalue weighted by Gasteiger charge is -2.23. The van der Waals surface area contributed by atoms with Crippen LogP contribution < -0.4 is 0 Å². The van der Waals surface area contributed by atoms with Gasteiger partial charge in [0.25, 0.3) is 0 Å². The van der Waals surface area contributed by atoms with Crippen LogP contribution in [0.4, 0.5) is 0 Å². The molecule has 2 rings (SSSR count). The topological polar surface area (TPSA) is 29.5 Å². The van der Waals surface area contributed by atoms with Gasteiger partial charge in [-0.05, 0) is 69.1 Å². The summed E-state index contributed by atoms with van der Waals surface area (Å²) in [4.78, 5) is 0. The number of unbranched alkanes of at least 4 members (excludes halogenated alkanes) is 2. The van der Waals surface area contributed by atoms with E-state index < -0.39 is 0 Å². The first-order valence-electron chi connectivity index (χ1n) is 9.39. The second-order valence-electron chi connectivity index (χ2n) is 7.75. The zero-order valence-electron chi connectivity index (χ0n) is 15.2. The van der Waals surface area contributed by atoms with Gasteiger partial charge in [-0.1, -0.05) is 44.2 Å². The molecule has 0 bridgehead atoms. The van der Waals surface area contributed by atoms with E-state index in [1.807, 2.05) is 6.07 Å². The molecule has 1 aromatic rings. The Morgan fingerprint density at radius 1 is 1.09 bits per heavy atom. The van der Waals surface area contributed by atoms with Gasteiger partial charge >= 0.3 is 0 Å². The van der Waals surface area contributed by atoms with Gasteiger partial charge in [0.1, 0.15) is 5.75 Å². The van der Waals surface area contributed by atoms with E-state index in [0.717, 1.165) is 24.8 Å². The number of hydrogen-bond donors (Lipinski definition) is 1. The van der Waals surface area contributed by atoms with Crippen molar-refractivity contribution in [3.8, 4) is 5.75 Å². The summed E-state index contributed by atoms with van der Waals surface area (Å²) in [5, 5.41) is 10.3. The summed E-state index contributed by atoms with van der Waals surface area (Å²) >= 11 is 0. The minimum Gasteiger partial charge on any atom is -0.508 e. The Hall–Kier alpha value is -1.02.